The van der Waals surface area contributed by atoms with Crippen LogP contribution in [0.1, 0.15) is 61.7 Å². The van der Waals surface area contributed by atoms with E-state index in [0.29, 0.717) is 5.56 Å². The molecule has 0 unspecified atom stereocenters. The van der Waals surface area contributed by atoms with Gasteiger partial charge in [-0.15, -0.1) is 0 Å². The van der Waals surface area contributed by atoms with Crippen molar-refractivity contribution < 1.29 is 18.1 Å². The number of benzene rings is 1. The van der Waals surface area contributed by atoms with Crippen molar-refractivity contribution in [3.63, 3.8) is 0 Å². The Morgan fingerprint density at radius 2 is 1.66 bits per heavy atom. The van der Waals surface area contributed by atoms with E-state index in [4.69, 9.17) is 0 Å². The summed E-state index contributed by atoms with van der Waals surface area (Å²) in [6.45, 7) is 1.96. The number of carbonyl (C=O) groups excluding carboxylic acids is 1. The van der Waals surface area contributed by atoms with Gasteiger partial charge in [-0.2, -0.15) is 9.41 Å². The summed E-state index contributed by atoms with van der Waals surface area (Å²) in [7, 11) is 0.224. The summed E-state index contributed by atoms with van der Waals surface area (Å²) < 4.78 is 27.4. The van der Waals surface area contributed by atoms with Crippen molar-refractivity contribution in [1.29, 1.82) is 0 Å². The fourth-order valence-electron chi connectivity index (χ4n) is 4.04. The molecule has 0 atom stereocenters. The highest BCUT2D eigenvalue weighted by atomic mass is 32.2. The smallest absolute Gasteiger partial charge is 0.271 e. The second-order valence-electron chi connectivity index (χ2n) is 8.27. The van der Waals surface area contributed by atoms with Crippen LogP contribution in [-0.2, 0) is 10.0 Å². The SMILES string of the molecule is CN(C1CC[NH+](C)CC1)S(=O)(=O)c1ccc(C(=O)NN=C2CCCCCC2)cc1. The molecule has 0 bridgehead atoms. The Balaban J connectivity index is 1.63. The molecule has 8 heteroatoms. The van der Waals surface area contributed by atoms with Crippen LogP contribution in [0.25, 0.3) is 0 Å². The van der Waals surface area contributed by atoms with Crippen molar-refractivity contribution >= 4 is 21.6 Å². The molecular weight excluding hydrogens is 388 g/mol. The first-order chi connectivity index (χ1) is 13.9. The average Bonchev–Trinajstić information content (AvgIpc) is 3.01. The van der Waals surface area contributed by atoms with E-state index in [2.05, 4.69) is 17.6 Å². The zero-order chi connectivity index (χ0) is 20.9. The highest BCUT2D eigenvalue weighted by molar-refractivity contribution is 7.89. The second-order valence-corrected chi connectivity index (χ2v) is 10.3. The Kier molecular flexibility index (Phi) is 7.43. The van der Waals surface area contributed by atoms with Crippen LogP contribution in [0.2, 0.25) is 0 Å². The van der Waals surface area contributed by atoms with E-state index in [0.717, 1.165) is 57.3 Å². The van der Waals surface area contributed by atoms with Crippen LogP contribution in [-0.4, -0.2) is 57.6 Å². The predicted octanol–water partition coefficient (Wildman–Crippen LogP) is 1.42. The van der Waals surface area contributed by atoms with Gasteiger partial charge < -0.3 is 4.90 Å². The molecule has 160 valence electrons. The van der Waals surface area contributed by atoms with Crippen LogP contribution in [0.15, 0.2) is 34.3 Å². The van der Waals surface area contributed by atoms with Gasteiger partial charge in [-0.1, -0.05) is 12.8 Å². The third kappa shape index (κ3) is 5.65. The average molecular weight is 422 g/mol. The van der Waals surface area contributed by atoms with E-state index in [1.165, 1.54) is 34.2 Å². The first-order valence-electron chi connectivity index (χ1n) is 10.6. The van der Waals surface area contributed by atoms with Crippen molar-refractivity contribution in [2.75, 3.05) is 27.2 Å². The molecule has 1 aromatic carbocycles. The summed E-state index contributed by atoms with van der Waals surface area (Å²) in [4.78, 5) is 14.0. The summed E-state index contributed by atoms with van der Waals surface area (Å²) in [6.07, 6.45) is 8.27. The third-order valence-electron chi connectivity index (χ3n) is 6.11. The number of quaternary nitrogens is 1. The Labute approximate surface area is 174 Å². The summed E-state index contributed by atoms with van der Waals surface area (Å²) in [6, 6.07) is 6.17. The number of piperidine rings is 1. The number of sulfonamides is 1. The minimum Gasteiger partial charge on any atom is -0.337 e. The highest BCUT2D eigenvalue weighted by Gasteiger charge is 2.31. The van der Waals surface area contributed by atoms with Crippen LogP contribution in [0.4, 0.5) is 0 Å². The zero-order valence-corrected chi connectivity index (χ0v) is 18.3. The maximum atomic E-state index is 13.0. The molecule has 1 aliphatic heterocycles. The number of carbonyl (C=O) groups is 1. The number of hydrogen-bond donors (Lipinski definition) is 2. The summed E-state index contributed by atoms with van der Waals surface area (Å²) in [5, 5.41) is 4.27. The maximum absolute atomic E-state index is 13.0. The minimum absolute atomic E-state index is 0.0297. The van der Waals surface area contributed by atoms with E-state index in [-0.39, 0.29) is 16.8 Å². The Morgan fingerprint density at radius 3 is 2.24 bits per heavy atom. The third-order valence-corrected chi connectivity index (χ3v) is 8.04. The Bertz CT molecular complexity index is 818. The quantitative estimate of drug-likeness (QED) is 0.557. The number of amides is 1. The molecule has 0 spiro atoms. The number of rotatable bonds is 5. The topological polar surface area (TPSA) is 83.3 Å². The van der Waals surface area contributed by atoms with E-state index in [1.54, 1.807) is 19.2 Å². The molecule has 1 aromatic rings. The van der Waals surface area contributed by atoms with Crippen LogP contribution in [0, 0.1) is 0 Å². The fraction of sp³-hybridized carbons (Fsp3) is 0.619. The molecule has 29 heavy (non-hydrogen) atoms. The summed E-state index contributed by atoms with van der Waals surface area (Å²) >= 11 is 0. The molecule has 2 aliphatic rings. The summed E-state index contributed by atoms with van der Waals surface area (Å²) in [5.74, 6) is -0.308. The predicted molar refractivity (Wildman–Crippen MR) is 114 cm³/mol. The fourth-order valence-corrected chi connectivity index (χ4v) is 5.46. The van der Waals surface area contributed by atoms with E-state index >= 15 is 0 Å². The molecule has 1 saturated heterocycles. The molecule has 0 radical (unpaired) electrons. The number of hydrazone groups is 1. The van der Waals surface area contributed by atoms with E-state index in [1.807, 2.05) is 0 Å². The van der Waals surface area contributed by atoms with Gasteiger partial charge in [0.1, 0.15) is 0 Å². The number of likely N-dealkylation sites (tertiary alicyclic amines) is 1. The van der Waals surface area contributed by atoms with Gasteiger partial charge in [0, 0.05) is 37.2 Å². The standard InChI is InChI=1S/C21H32N4O3S/c1-24-15-13-19(14-16-24)25(2)29(27,28)20-11-9-17(10-12-20)21(26)23-22-18-7-5-3-4-6-8-18/h9-12,19H,3-8,13-16H2,1-2H3,(H,23,26)/p+1. The van der Waals surface area contributed by atoms with Crippen LogP contribution >= 0.6 is 0 Å². The lowest BCUT2D eigenvalue weighted by Gasteiger charge is -2.32. The van der Waals surface area contributed by atoms with Gasteiger partial charge in [-0.05, 0) is 49.9 Å². The van der Waals surface area contributed by atoms with Crippen molar-refractivity contribution in [3.05, 3.63) is 29.8 Å². The lowest BCUT2D eigenvalue weighted by Crippen LogP contribution is -3.10. The maximum Gasteiger partial charge on any atom is 0.271 e. The number of nitrogens with one attached hydrogen (secondary N) is 2. The lowest BCUT2D eigenvalue weighted by atomic mass is 10.1. The van der Waals surface area contributed by atoms with Crippen molar-refractivity contribution in [2.24, 2.45) is 5.10 Å². The molecule has 7 nitrogen and oxygen atoms in total. The first-order valence-corrected chi connectivity index (χ1v) is 12.1. The number of nitrogens with zero attached hydrogens (tertiary/aromatic N) is 2. The van der Waals surface area contributed by atoms with Crippen molar-refractivity contribution in [3.8, 4) is 0 Å². The van der Waals surface area contributed by atoms with E-state index in [9.17, 15) is 13.2 Å². The Hall–Kier alpha value is -1.77. The van der Waals surface area contributed by atoms with Gasteiger partial charge in [0.15, 0.2) is 0 Å². The molecular formula is C21H33N4O3S+. The van der Waals surface area contributed by atoms with Crippen LogP contribution in [0.5, 0.6) is 0 Å². The van der Waals surface area contributed by atoms with E-state index < -0.39 is 10.0 Å². The monoisotopic (exact) mass is 421 g/mol. The molecule has 2 N–H and O–H groups in total. The van der Waals surface area contributed by atoms with Gasteiger partial charge >= 0.3 is 0 Å². The molecule has 0 aromatic heterocycles. The van der Waals surface area contributed by atoms with Gasteiger partial charge in [-0.25, -0.2) is 13.8 Å². The van der Waals surface area contributed by atoms with Crippen LogP contribution in [0.3, 0.4) is 0 Å². The molecule has 1 amide bonds. The van der Waals surface area contributed by atoms with Crippen LogP contribution < -0.4 is 10.3 Å². The van der Waals surface area contributed by atoms with Crippen molar-refractivity contribution in [2.45, 2.75) is 62.3 Å². The first kappa shape index (κ1) is 21.9. The summed E-state index contributed by atoms with van der Waals surface area (Å²) in [5.41, 5.74) is 4.07. The molecule has 2 fully saturated rings. The van der Waals surface area contributed by atoms with Crippen molar-refractivity contribution in [1.82, 2.24) is 9.73 Å². The minimum atomic E-state index is -3.57. The lowest BCUT2D eigenvalue weighted by molar-refractivity contribution is -0.885. The largest absolute Gasteiger partial charge is 0.337 e. The second kappa shape index (κ2) is 9.82. The molecule has 3 rings (SSSR count). The van der Waals surface area contributed by atoms with Gasteiger partial charge in [0.25, 0.3) is 5.91 Å². The molecule has 1 saturated carbocycles. The van der Waals surface area contributed by atoms with Gasteiger partial charge in [0.05, 0.1) is 25.0 Å². The molecule has 1 aliphatic carbocycles. The number of hydrogen-bond acceptors (Lipinski definition) is 4. The zero-order valence-electron chi connectivity index (χ0n) is 17.5. The van der Waals surface area contributed by atoms with Gasteiger partial charge in [0.2, 0.25) is 10.0 Å². The highest BCUT2D eigenvalue weighted by Crippen LogP contribution is 2.21. The Morgan fingerprint density at radius 1 is 1.07 bits per heavy atom. The normalized spacial score (nSPS) is 23.5. The van der Waals surface area contributed by atoms with Gasteiger partial charge in [-0.3, -0.25) is 4.79 Å². The molecule has 1 heterocycles.